The van der Waals surface area contributed by atoms with Crippen LogP contribution in [0.25, 0.3) is 11.3 Å². The minimum atomic E-state index is -3.62. The monoisotopic (exact) mass is 427 g/mol. The average molecular weight is 428 g/mol. The minimum Gasteiger partial charge on any atom is -0.285 e. The number of aromatic nitrogens is 1. The molecule has 0 saturated carbocycles. The standard InChI is InChI=1S/C24H29NO4S/c1-3-5-7-9-18-15-25(30(28,29)14-8-6-4-2)22-19-16-10-12-17(13-11-16)20(19)23(26)24(27)21(18)22/h10,12,15H,3-9,11,13-14H2,1-2H3. The molecule has 0 amide bonds. The van der Waals surface area contributed by atoms with Crippen LogP contribution < -0.4 is 0 Å². The molecule has 5 rings (SSSR count). The van der Waals surface area contributed by atoms with E-state index in [1.54, 1.807) is 6.20 Å². The van der Waals surface area contributed by atoms with E-state index in [0.717, 1.165) is 56.1 Å². The van der Waals surface area contributed by atoms with Crippen molar-refractivity contribution >= 4 is 21.6 Å². The number of carbonyl (C=O) groups is 2. The maximum absolute atomic E-state index is 13.3. The highest BCUT2D eigenvalue weighted by Crippen LogP contribution is 2.44. The normalized spacial score (nSPS) is 14.9. The van der Waals surface area contributed by atoms with Gasteiger partial charge in [0.1, 0.15) is 0 Å². The first-order chi connectivity index (χ1) is 14.4. The van der Waals surface area contributed by atoms with E-state index >= 15 is 0 Å². The van der Waals surface area contributed by atoms with E-state index in [-0.39, 0.29) is 5.75 Å². The molecule has 0 aliphatic heterocycles. The van der Waals surface area contributed by atoms with Gasteiger partial charge in [0.2, 0.25) is 21.6 Å². The summed E-state index contributed by atoms with van der Waals surface area (Å²) in [5.41, 5.74) is 4.38. The molecule has 5 nitrogen and oxygen atoms in total. The van der Waals surface area contributed by atoms with E-state index < -0.39 is 21.6 Å². The van der Waals surface area contributed by atoms with Gasteiger partial charge in [0, 0.05) is 17.3 Å². The fraction of sp³-hybridized carbons (Fsp3) is 0.500. The molecule has 1 heterocycles. The van der Waals surface area contributed by atoms with Crippen molar-refractivity contribution in [2.75, 3.05) is 5.75 Å². The lowest BCUT2D eigenvalue weighted by Crippen LogP contribution is -2.28. The Kier molecular flexibility index (Phi) is 5.71. The Morgan fingerprint density at radius 1 is 0.833 bits per heavy atom. The third-order valence-corrected chi connectivity index (χ3v) is 8.04. The smallest absolute Gasteiger partial charge is 0.239 e. The zero-order valence-electron chi connectivity index (χ0n) is 17.8. The highest BCUT2D eigenvalue weighted by molar-refractivity contribution is 7.90. The van der Waals surface area contributed by atoms with Crippen LogP contribution in [0.1, 0.15) is 89.8 Å². The predicted octanol–water partition coefficient (Wildman–Crippen LogP) is 4.73. The summed E-state index contributed by atoms with van der Waals surface area (Å²) in [6.07, 6.45) is 8.99. The largest absolute Gasteiger partial charge is 0.285 e. The van der Waals surface area contributed by atoms with Crippen molar-refractivity contribution in [1.29, 1.82) is 0 Å². The Morgan fingerprint density at radius 2 is 1.43 bits per heavy atom. The lowest BCUT2D eigenvalue weighted by atomic mass is 9.76. The van der Waals surface area contributed by atoms with Gasteiger partial charge < -0.3 is 0 Å². The molecule has 30 heavy (non-hydrogen) atoms. The summed E-state index contributed by atoms with van der Waals surface area (Å²) in [4.78, 5) is 26.2. The average Bonchev–Trinajstić information content (AvgIpc) is 3.13. The number of nitrogens with zero attached hydrogens (tertiary/aromatic N) is 1. The van der Waals surface area contributed by atoms with E-state index in [0.29, 0.717) is 40.8 Å². The minimum absolute atomic E-state index is 0.0445. The fourth-order valence-electron chi connectivity index (χ4n) is 4.76. The summed E-state index contributed by atoms with van der Waals surface area (Å²) >= 11 is 0. The zero-order chi connectivity index (χ0) is 21.5. The number of aryl methyl sites for hydroxylation is 3. The second-order valence-electron chi connectivity index (χ2n) is 8.45. The van der Waals surface area contributed by atoms with Crippen LogP contribution in [0.15, 0.2) is 18.3 Å². The Hall–Kier alpha value is -2.21. The number of hydrogen-bond donors (Lipinski definition) is 0. The van der Waals surface area contributed by atoms with Gasteiger partial charge in [-0.25, -0.2) is 12.4 Å². The van der Waals surface area contributed by atoms with Crippen LogP contribution in [0.2, 0.25) is 0 Å². The highest BCUT2D eigenvalue weighted by Gasteiger charge is 2.41. The van der Waals surface area contributed by atoms with Crippen LogP contribution in [0.3, 0.4) is 0 Å². The number of Topliss-reactive ketones (excluding diaryl/α,β-unsaturated/α-hetero) is 2. The molecular weight excluding hydrogens is 398 g/mol. The first-order valence-corrected chi connectivity index (χ1v) is 12.7. The molecule has 0 saturated heterocycles. The second kappa shape index (κ2) is 8.14. The van der Waals surface area contributed by atoms with Gasteiger partial charge in [0.05, 0.1) is 17.0 Å². The molecule has 0 N–H and O–H groups in total. The first-order valence-electron chi connectivity index (χ1n) is 11.1. The molecule has 3 aliphatic rings. The van der Waals surface area contributed by atoms with Crippen LogP contribution >= 0.6 is 0 Å². The van der Waals surface area contributed by atoms with E-state index in [9.17, 15) is 18.0 Å². The lowest BCUT2D eigenvalue weighted by Gasteiger charge is -2.27. The molecule has 2 bridgehead atoms. The second-order valence-corrected chi connectivity index (χ2v) is 10.4. The number of rotatable bonds is 9. The van der Waals surface area contributed by atoms with Gasteiger partial charge in [-0.2, -0.15) is 0 Å². The van der Waals surface area contributed by atoms with E-state index in [4.69, 9.17) is 0 Å². The molecule has 1 aromatic carbocycles. The van der Waals surface area contributed by atoms with Crippen molar-refractivity contribution in [3.8, 4) is 11.3 Å². The summed E-state index contributed by atoms with van der Waals surface area (Å²) in [6.45, 7) is 4.14. The van der Waals surface area contributed by atoms with E-state index in [1.807, 2.05) is 19.1 Å². The van der Waals surface area contributed by atoms with Crippen molar-refractivity contribution in [3.05, 3.63) is 46.1 Å². The van der Waals surface area contributed by atoms with Crippen molar-refractivity contribution in [2.45, 2.75) is 71.6 Å². The van der Waals surface area contributed by atoms with Crippen LogP contribution in [-0.4, -0.2) is 29.7 Å². The number of benzene rings is 1. The lowest BCUT2D eigenvalue weighted by molar-refractivity contribution is 0.0814. The fourth-order valence-corrected chi connectivity index (χ4v) is 6.27. The van der Waals surface area contributed by atoms with E-state index in [1.165, 1.54) is 3.97 Å². The van der Waals surface area contributed by atoms with Crippen LogP contribution in [-0.2, 0) is 29.3 Å². The summed E-state index contributed by atoms with van der Waals surface area (Å²) in [5.74, 6) is -0.984. The topological polar surface area (TPSA) is 73.2 Å². The summed E-state index contributed by atoms with van der Waals surface area (Å²) in [5, 5.41) is 0. The van der Waals surface area contributed by atoms with E-state index in [2.05, 4.69) is 6.92 Å². The number of hydrogen-bond acceptors (Lipinski definition) is 4. The molecule has 3 aliphatic carbocycles. The molecule has 160 valence electrons. The molecule has 0 spiro atoms. The molecule has 0 unspecified atom stereocenters. The molecule has 0 atom stereocenters. The molecule has 0 fully saturated rings. The summed E-state index contributed by atoms with van der Waals surface area (Å²) in [6, 6.07) is 3.88. The summed E-state index contributed by atoms with van der Waals surface area (Å²) in [7, 11) is -3.62. The Morgan fingerprint density at radius 3 is 2.07 bits per heavy atom. The van der Waals surface area contributed by atoms with Gasteiger partial charge in [0.15, 0.2) is 0 Å². The van der Waals surface area contributed by atoms with Gasteiger partial charge in [-0.1, -0.05) is 51.7 Å². The number of carbonyl (C=O) groups excluding carboxylic acids is 2. The molecule has 0 radical (unpaired) electrons. The third-order valence-electron chi connectivity index (χ3n) is 6.35. The quantitative estimate of drug-likeness (QED) is 0.428. The van der Waals surface area contributed by atoms with Gasteiger partial charge in [0.25, 0.3) is 0 Å². The highest BCUT2D eigenvalue weighted by atomic mass is 32.2. The van der Waals surface area contributed by atoms with Gasteiger partial charge in [-0.15, -0.1) is 0 Å². The Labute approximate surface area is 178 Å². The van der Waals surface area contributed by atoms with Gasteiger partial charge >= 0.3 is 0 Å². The van der Waals surface area contributed by atoms with Crippen molar-refractivity contribution in [3.63, 3.8) is 0 Å². The van der Waals surface area contributed by atoms with Crippen molar-refractivity contribution in [2.24, 2.45) is 0 Å². The van der Waals surface area contributed by atoms with Crippen molar-refractivity contribution < 1.29 is 18.0 Å². The zero-order valence-corrected chi connectivity index (χ0v) is 18.6. The Balaban J connectivity index is 1.93. The van der Waals surface area contributed by atoms with Crippen molar-refractivity contribution in [1.82, 2.24) is 3.97 Å². The maximum Gasteiger partial charge on any atom is 0.239 e. The Bertz CT molecular complexity index is 1120. The third kappa shape index (κ3) is 3.35. The maximum atomic E-state index is 13.3. The van der Waals surface area contributed by atoms with Gasteiger partial charge in [-0.3, -0.25) is 9.59 Å². The number of fused-ring (bicyclic) bond motifs is 3. The van der Waals surface area contributed by atoms with Crippen LogP contribution in [0.4, 0.5) is 0 Å². The molecular formula is C24H29NO4S. The van der Waals surface area contributed by atoms with Gasteiger partial charge in [-0.05, 0) is 48.8 Å². The predicted molar refractivity (Wildman–Crippen MR) is 118 cm³/mol. The van der Waals surface area contributed by atoms with Crippen LogP contribution in [0, 0.1) is 0 Å². The summed E-state index contributed by atoms with van der Waals surface area (Å²) < 4.78 is 27.9. The number of unbranched alkanes of at least 4 members (excludes halogenated alkanes) is 4. The molecule has 2 aromatic rings. The SMILES string of the molecule is CCCCCc1cn(S(=O)(=O)CCCCC)c2c1C(=O)C(=O)c1c3ccc(c1-2)CC3. The molecule has 1 aromatic heterocycles. The van der Waals surface area contributed by atoms with Crippen LogP contribution in [0.5, 0.6) is 0 Å². The first kappa shape index (κ1) is 21.0. The number of ketones is 2. The molecule has 6 heteroatoms.